The standard InChI is InChI=1S/C12H19NO4/c13-9(10(14)15)8-7-1-6-2-11(16,4-7)5-12(8,17)3-6/h6-9,16-17H,1-5,13H2,(H,14,15)/t6-,7+,8-,9?,11+,12+/m0/s1. The average Bonchev–Trinajstić information content (AvgIpc) is 2.11. The van der Waals surface area contributed by atoms with Crippen LogP contribution in [0.4, 0.5) is 0 Å². The van der Waals surface area contributed by atoms with Crippen LogP contribution in [-0.4, -0.2) is 38.5 Å². The molecule has 0 spiro atoms. The highest BCUT2D eigenvalue weighted by Crippen LogP contribution is 2.60. The number of aliphatic hydroxyl groups is 2. The zero-order valence-corrected chi connectivity index (χ0v) is 9.67. The second-order valence-electron chi connectivity index (χ2n) is 6.37. The summed E-state index contributed by atoms with van der Waals surface area (Å²) >= 11 is 0. The van der Waals surface area contributed by atoms with Crippen molar-refractivity contribution in [1.82, 2.24) is 0 Å². The molecule has 5 heteroatoms. The molecule has 0 radical (unpaired) electrons. The van der Waals surface area contributed by atoms with Crippen LogP contribution in [0.15, 0.2) is 0 Å². The highest BCUT2D eigenvalue weighted by atomic mass is 16.4. The fraction of sp³-hybridized carbons (Fsp3) is 0.917. The molecule has 4 fully saturated rings. The lowest BCUT2D eigenvalue weighted by Crippen LogP contribution is -2.68. The van der Waals surface area contributed by atoms with E-state index in [2.05, 4.69) is 0 Å². The molecular formula is C12H19NO4. The van der Waals surface area contributed by atoms with E-state index in [1.54, 1.807) is 0 Å². The monoisotopic (exact) mass is 241 g/mol. The van der Waals surface area contributed by atoms with Crippen LogP contribution in [0.5, 0.6) is 0 Å². The van der Waals surface area contributed by atoms with E-state index in [1.165, 1.54) is 0 Å². The summed E-state index contributed by atoms with van der Waals surface area (Å²) in [6.45, 7) is 0. The molecule has 0 aromatic carbocycles. The second kappa shape index (κ2) is 3.22. The molecule has 17 heavy (non-hydrogen) atoms. The minimum absolute atomic E-state index is 0.0531. The molecule has 0 aliphatic heterocycles. The molecule has 4 bridgehead atoms. The maximum Gasteiger partial charge on any atom is 0.320 e. The van der Waals surface area contributed by atoms with Gasteiger partial charge in [-0.3, -0.25) is 4.79 Å². The third-order valence-corrected chi connectivity index (χ3v) is 5.02. The lowest BCUT2D eigenvalue weighted by molar-refractivity contribution is -0.236. The summed E-state index contributed by atoms with van der Waals surface area (Å²) in [5.41, 5.74) is 3.87. The highest BCUT2D eigenvalue weighted by molar-refractivity contribution is 5.74. The van der Waals surface area contributed by atoms with Gasteiger partial charge in [0.05, 0.1) is 11.2 Å². The summed E-state index contributed by atoms with van der Waals surface area (Å²) in [5, 5.41) is 30.0. The van der Waals surface area contributed by atoms with E-state index in [9.17, 15) is 15.0 Å². The van der Waals surface area contributed by atoms with Crippen LogP contribution >= 0.6 is 0 Å². The first kappa shape index (κ1) is 11.4. The summed E-state index contributed by atoms with van der Waals surface area (Å²) < 4.78 is 0. The van der Waals surface area contributed by atoms with Gasteiger partial charge in [-0.2, -0.15) is 0 Å². The van der Waals surface area contributed by atoms with E-state index in [4.69, 9.17) is 10.8 Å². The number of rotatable bonds is 2. The first-order valence-electron chi connectivity index (χ1n) is 6.26. The van der Waals surface area contributed by atoms with Gasteiger partial charge in [0.15, 0.2) is 0 Å². The van der Waals surface area contributed by atoms with E-state index in [-0.39, 0.29) is 5.92 Å². The number of hydrogen-bond acceptors (Lipinski definition) is 4. The van der Waals surface area contributed by atoms with Crippen LogP contribution in [0.2, 0.25) is 0 Å². The van der Waals surface area contributed by atoms with Gasteiger partial charge in [0.2, 0.25) is 0 Å². The van der Waals surface area contributed by atoms with E-state index in [0.717, 1.165) is 12.8 Å². The highest BCUT2D eigenvalue weighted by Gasteiger charge is 2.63. The van der Waals surface area contributed by atoms with Gasteiger partial charge >= 0.3 is 5.97 Å². The first-order chi connectivity index (χ1) is 7.83. The summed E-state index contributed by atoms with van der Waals surface area (Å²) in [6, 6.07) is -1.02. The van der Waals surface area contributed by atoms with Crippen molar-refractivity contribution in [2.45, 2.75) is 49.3 Å². The van der Waals surface area contributed by atoms with Crippen LogP contribution in [0.1, 0.15) is 32.1 Å². The predicted octanol–water partition coefficient (Wildman–Crippen LogP) is -0.300. The summed E-state index contributed by atoms with van der Waals surface area (Å²) in [7, 11) is 0. The van der Waals surface area contributed by atoms with Gasteiger partial charge in [0.1, 0.15) is 6.04 Å². The largest absolute Gasteiger partial charge is 0.480 e. The summed E-state index contributed by atoms with van der Waals surface area (Å²) in [4.78, 5) is 11.0. The molecule has 1 unspecified atom stereocenters. The molecule has 0 heterocycles. The molecule has 6 atom stereocenters. The Morgan fingerprint density at radius 2 is 2.00 bits per heavy atom. The molecule has 4 saturated carbocycles. The quantitative estimate of drug-likeness (QED) is 0.531. The van der Waals surface area contributed by atoms with Crippen LogP contribution in [-0.2, 0) is 4.79 Å². The minimum atomic E-state index is -1.07. The Morgan fingerprint density at radius 1 is 1.29 bits per heavy atom. The molecule has 0 saturated heterocycles. The number of nitrogens with two attached hydrogens (primary N) is 1. The molecule has 4 rings (SSSR count). The van der Waals surface area contributed by atoms with Gasteiger partial charge in [0.25, 0.3) is 0 Å². The third kappa shape index (κ3) is 1.53. The Hall–Kier alpha value is -0.650. The summed E-state index contributed by atoms with van der Waals surface area (Å²) in [5.74, 6) is -1.08. The Morgan fingerprint density at radius 3 is 2.53 bits per heavy atom. The van der Waals surface area contributed by atoms with Crippen molar-refractivity contribution < 1.29 is 20.1 Å². The van der Waals surface area contributed by atoms with Gasteiger partial charge in [-0.05, 0) is 37.5 Å². The Labute approximate surface area is 99.6 Å². The van der Waals surface area contributed by atoms with Gasteiger partial charge in [-0.25, -0.2) is 0 Å². The van der Waals surface area contributed by atoms with E-state index < -0.39 is 29.1 Å². The van der Waals surface area contributed by atoms with Crippen molar-refractivity contribution >= 4 is 5.97 Å². The lowest BCUT2D eigenvalue weighted by atomic mass is 9.47. The van der Waals surface area contributed by atoms with Crippen molar-refractivity contribution in [1.29, 1.82) is 0 Å². The van der Waals surface area contributed by atoms with Gasteiger partial charge in [-0.15, -0.1) is 0 Å². The van der Waals surface area contributed by atoms with E-state index in [0.29, 0.717) is 25.2 Å². The predicted molar refractivity (Wildman–Crippen MR) is 59.1 cm³/mol. The number of carboxylic acid groups (broad SMARTS) is 1. The van der Waals surface area contributed by atoms with E-state index >= 15 is 0 Å². The van der Waals surface area contributed by atoms with Crippen molar-refractivity contribution in [2.75, 3.05) is 0 Å². The molecule has 0 aromatic heterocycles. The zero-order chi connectivity index (χ0) is 12.4. The molecule has 4 aliphatic rings. The lowest BCUT2D eigenvalue weighted by Gasteiger charge is -2.62. The van der Waals surface area contributed by atoms with Crippen LogP contribution < -0.4 is 5.73 Å². The maximum atomic E-state index is 11.0. The fourth-order valence-corrected chi connectivity index (χ4v) is 4.89. The Balaban J connectivity index is 1.95. The van der Waals surface area contributed by atoms with Crippen molar-refractivity contribution in [2.24, 2.45) is 23.5 Å². The molecule has 5 nitrogen and oxygen atoms in total. The van der Waals surface area contributed by atoms with Gasteiger partial charge < -0.3 is 21.1 Å². The minimum Gasteiger partial charge on any atom is -0.480 e. The summed E-state index contributed by atoms with van der Waals surface area (Å²) in [6.07, 6.45) is 3.13. The number of carbonyl (C=O) groups is 1. The molecular weight excluding hydrogens is 222 g/mol. The fourth-order valence-electron chi connectivity index (χ4n) is 4.89. The van der Waals surface area contributed by atoms with Crippen LogP contribution in [0, 0.1) is 17.8 Å². The van der Waals surface area contributed by atoms with Crippen LogP contribution in [0.25, 0.3) is 0 Å². The van der Waals surface area contributed by atoms with Crippen molar-refractivity contribution in [3.63, 3.8) is 0 Å². The smallest absolute Gasteiger partial charge is 0.320 e. The Bertz CT molecular complexity index is 374. The second-order valence-corrected chi connectivity index (χ2v) is 6.37. The zero-order valence-electron chi connectivity index (χ0n) is 9.67. The molecule has 5 N–H and O–H groups in total. The number of hydrogen-bond donors (Lipinski definition) is 4. The Kier molecular flexibility index (Phi) is 2.16. The molecule has 0 amide bonds. The van der Waals surface area contributed by atoms with Gasteiger partial charge in [0, 0.05) is 12.3 Å². The number of carboxylic acids is 1. The van der Waals surface area contributed by atoms with E-state index in [1.807, 2.05) is 0 Å². The molecule has 4 aliphatic carbocycles. The average molecular weight is 241 g/mol. The molecule has 0 aromatic rings. The normalized spacial score (nSPS) is 53.7. The molecule has 96 valence electrons. The maximum absolute atomic E-state index is 11.0. The first-order valence-corrected chi connectivity index (χ1v) is 6.26. The third-order valence-electron chi connectivity index (χ3n) is 5.02. The number of aliphatic carboxylic acids is 1. The van der Waals surface area contributed by atoms with Crippen LogP contribution in [0.3, 0.4) is 0 Å². The van der Waals surface area contributed by atoms with Crippen molar-refractivity contribution in [3.8, 4) is 0 Å². The van der Waals surface area contributed by atoms with Crippen molar-refractivity contribution in [3.05, 3.63) is 0 Å². The SMILES string of the molecule is NC(C(=O)O)[C@@H]1[C@@H]2C[C@H]3C[C@@](O)(C2)C[C@]1(O)C3. The van der Waals surface area contributed by atoms with Gasteiger partial charge in [-0.1, -0.05) is 0 Å². The topological polar surface area (TPSA) is 104 Å².